The first kappa shape index (κ1) is 27.0. The first-order valence-corrected chi connectivity index (χ1v) is 12.0. The molecular weight excluding hydrogens is 487 g/mol. The third-order valence-electron chi connectivity index (χ3n) is 5.56. The Kier molecular flexibility index (Phi) is 9.71. The van der Waals surface area contributed by atoms with E-state index in [0.717, 1.165) is 25.3 Å². The number of piperazine rings is 1. The summed E-state index contributed by atoms with van der Waals surface area (Å²) in [4.78, 5) is 27.3. The van der Waals surface area contributed by atoms with Crippen molar-refractivity contribution in [2.45, 2.75) is 20.8 Å². The van der Waals surface area contributed by atoms with Crippen molar-refractivity contribution < 1.29 is 9.31 Å². The van der Waals surface area contributed by atoms with Crippen LogP contribution in [-0.2, 0) is 0 Å². The maximum Gasteiger partial charge on any atom is 0.305 e. The summed E-state index contributed by atoms with van der Waals surface area (Å²) in [6, 6.07) is 2.55. The van der Waals surface area contributed by atoms with Crippen LogP contribution in [0.2, 0.25) is 5.28 Å². The lowest BCUT2D eigenvalue weighted by atomic mass is 10.1. The molecule has 0 unspecified atom stereocenters. The summed E-state index contributed by atoms with van der Waals surface area (Å²) < 4.78 is 14.1. The molecule has 0 aliphatic carbocycles. The van der Waals surface area contributed by atoms with Crippen molar-refractivity contribution in [1.82, 2.24) is 19.9 Å². The van der Waals surface area contributed by atoms with E-state index in [1.807, 2.05) is 44.2 Å². The van der Waals surface area contributed by atoms with Gasteiger partial charge in [-0.05, 0) is 50.1 Å². The van der Waals surface area contributed by atoms with Crippen LogP contribution >= 0.6 is 11.6 Å². The van der Waals surface area contributed by atoms with Gasteiger partial charge < -0.3 is 15.5 Å². The Morgan fingerprint density at radius 1 is 1.17 bits per heavy atom. The second kappa shape index (κ2) is 12.9. The third-order valence-corrected chi connectivity index (χ3v) is 5.73. The molecular formula is C24H30ClFN8O2. The summed E-state index contributed by atoms with van der Waals surface area (Å²) in [6.07, 6.45) is 9.53. The zero-order chi connectivity index (χ0) is 26.1. The van der Waals surface area contributed by atoms with E-state index in [9.17, 15) is 14.5 Å². The van der Waals surface area contributed by atoms with Gasteiger partial charge in [-0.2, -0.15) is 19.3 Å². The van der Waals surface area contributed by atoms with Crippen molar-refractivity contribution in [2.24, 2.45) is 0 Å². The van der Waals surface area contributed by atoms with Gasteiger partial charge >= 0.3 is 5.69 Å². The molecule has 10 nitrogen and oxygen atoms in total. The molecule has 0 saturated carbocycles. The van der Waals surface area contributed by atoms with Crippen LogP contribution in [0.4, 0.5) is 27.7 Å². The molecule has 1 fully saturated rings. The highest BCUT2D eigenvalue weighted by molar-refractivity contribution is 6.28. The molecule has 0 spiro atoms. The van der Waals surface area contributed by atoms with Gasteiger partial charge in [0.25, 0.3) is 0 Å². The standard InChI is InChI=1S/C24H30ClFN8O2/c1-4-6-8-18(7-5-2)28-24-30-22(25)29-23(31-24)27-9-10-32-11-13-33(14-12-32)20-16-19(26)21(34(35)36)15-17(20)3/h4-8,15-16H,9-14H2,1-3H3,(H2,27,28,29,30,31)/b6-4+,7-5+,18-8+. The zero-order valence-electron chi connectivity index (χ0n) is 20.5. The molecule has 2 aromatic rings. The predicted octanol–water partition coefficient (Wildman–Crippen LogP) is 4.56. The van der Waals surface area contributed by atoms with Crippen LogP contribution < -0.4 is 15.5 Å². The number of aromatic nitrogens is 3. The van der Waals surface area contributed by atoms with Gasteiger partial charge in [0.15, 0.2) is 0 Å². The van der Waals surface area contributed by atoms with E-state index >= 15 is 0 Å². The fraction of sp³-hybridized carbons (Fsp3) is 0.375. The lowest BCUT2D eigenvalue weighted by Gasteiger charge is -2.36. The number of aryl methyl sites for hydroxylation is 1. The van der Waals surface area contributed by atoms with E-state index < -0.39 is 16.4 Å². The SMILES string of the molecule is C/C=C/C=C(\C=C\C)Nc1nc(Cl)nc(NCCN2CCN(c3cc(F)c([N+](=O)[O-])cc3C)CC2)n1. The molecule has 12 heteroatoms. The molecule has 0 bridgehead atoms. The number of hydrogen-bond donors (Lipinski definition) is 2. The van der Waals surface area contributed by atoms with Crippen molar-refractivity contribution in [3.05, 3.63) is 75.0 Å². The number of nitro benzene ring substituents is 1. The molecule has 3 rings (SSSR count). The highest BCUT2D eigenvalue weighted by atomic mass is 35.5. The number of hydrogen-bond acceptors (Lipinski definition) is 9. The van der Waals surface area contributed by atoms with Crippen LogP contribution in [0.15, 0.2) is 48.2 Å². The summed E-state index contributed by atoms with van der Waals surface area (Å²) >= 11 is 6.09. The Bertz CT molecular complexity index is 1160. The molecule has 2 N–H and O–H groups in total. The lowest BCUT2D eigenvalue weighted by Crippen LogP contribution is -2.47. The van der Waals surface area contributed by atoms with Gasteiger partial charge in [0.2, 0.25) is 23.0 Å². The summed E-state index contributed by atoms with van der Waals surface area (Å²) in [5.74, 6) is -0.100. The van der Waals surface area contributed by atoms with Crippen molar-refractivity contribution >= 4 is 34.9 Å². The van der Waals surface area contributed by atoms with Gasteiger partial charge in [-0.3, -0.25) is 15.0 Å². The Morgan fingerprint density at radius 2 is 1.89 bits per heavy atom. The van der Waals surface area contributed by atoms with Crippen LogP contribution in [0.1, 0.15) is 19.4 Å². The van der Waals surface area contributed by atoms with Crippen molar-refractivity contribution in [3.8, 4) is 0 Å². The molecule has 0 atom stereocenters. The summed E-state index contributed by atoms with van der Waals surface area (Å²) in [5.41, 5.74) is 1.69. The Hall–Kier alpha value is -3.57. The third kappa shape index (κ3) is 7.46. The minimum absolute atomic E-state index is 0.0835. The first-order valence-electron chi connectivity index (χ1n) is 11.6. The normalized spacial score (nSPS) is 15.1. The van der Waals surface area contributed by atoms with Gasteiger partial charge in [-0.15, -0.1) is 0 Å². The molecule has 1 aliphatic heterocycles. The molecule has 1 aliphatic rings. The average molecular weight is 517 g/mol. The number of halogens is 2. The Labute approximate surface area is 214 Å². The zero-order valence-corrected chi connectivity index (χ0v) is 21.3. The van der Waals surface area contributed by atoms with E-state index in [1.165, 1.54) is 12.1 Å². The highest BCUT2D eigenvalue weighted by Crippen LogP contribution is 2.28. The molecule has 1 aromatic carbocycles. The van der Waals surface area contributed by atoms with Crippen LogP contribution in [0, 0.1) is 22.9 Å². The fourth-order valence-corrected chi connectivity index (χ4v) is 3.97. The second-order valence-corrected chi connectivity index (χ2v) is 8.47. The number of allylic oxidation sites excluding steroid dienone is 5. The number of nitro groups is 1. The average Bonchev–Trinajstić information content (AvgIpc) is 2.84. The summed E-state index contributed by atoms with van der Waals surface area (Å²) in [7, 11) is 0. The van der Waals surface area contributed by atoms with Crippen LogP contribution in [0.3, 0.4) is 0 Å². The number of anilines is 3. The number of benzene rings is 1. The predicted molar refractivity (Wildman–Crippen MR) is 141 cm³/mol. The Balaban J connectivity index is 1.53. The van der Waals surface area contributed by atoms with Crippen molar-refractivity contribution in [1.29, 1.82) is 0 Å². The summed E-state index contributed by atoms with van der Waals surface area (Å²) in [5, 5.41) is 17.4. The minimum atomic E-state index is -0.813. The van der Waals surface area contributed by atoms with E-state index in [4.69, 9.17) is 11.6 Å². The van der Waals surface area contributed by atoms with Crippen molar-refractivity contribution in [3.63, 3.8) is 0 Å². The smallest absolute Gasteiger partial charge is 0.305 e. The number of nitrogens with one attached hydrogen (secondary N) is 2. The number of rotatable bonds is 10. The molecule has 192 valence electrons. The molecule has 0 radical (unpaired) electrons. The van der Waals surface area contributed by atoms with Gasteiger partial charge in [-0.1, -0.05) is 18.2 Å². The van der Waals surface area contributed by atoms with Gasteiger partial charge in [-0.25, -0.2) is 0 Å². The van der Waals surface area contributed by atoms with Crippen molar-refractivity contribution in [2.75, 3.05) is 54.8 Å². The molecule has 1 saturated heterocycles. The minimum Gasteiger partial charge on any atom is -0.369 e. The molecule has 0 amide bonds. The largest absolute Gasteiger partial charge is 0.369 e. The van der Waals surface area contributed by atoms with Crippen LogP contribution in [-0.4, -0.2) is 64.0 Å². The van der Waals surface area contributed by atoms with Crippen LogP contribution in [0.25, 0.3) is 0 Å². The maximum absolute atomic E-state index is 14.1. The second-order valence-electron chi connectivity index (χ2n) is 8.13. The van der Waals surface area contributed by atoms with Gasteiger partial charge in [0.1, 0.15) is 0 Å². The van der Waals surface area contributed by atoms with Crippen LogP contribution in [0.5, 0.6) is 0 Å². The first-order chi connectivity index (χ1) is 17.3. The monoisotopic (exact) mass is 516 g/mol. The summed E-state index contributed by atoms with van der Waals surface area (Å²) in [6.45, 7) is 9.89. The van der Waals surface area contributed by atoms with Gasteiger partial charge in [0, 0.05) is 62.8 Å². The molecule has 2 heterocycles. The Morgan fingerprint density at radius 3 is 2.56 bits per heavy atom. The highest BCUT2D eigenvalue weighted by Gasteiger charge is 2.22. The maximum atomic E-state index is 14.1. The fourth-order valence-electron chi connectivity index (χ4n) is 3.81. The molecule has 36 heavy (non-hydrogen) atoms. The van der Waals surface area contributed by atoms with E-state index in [2.05, 4.69) is 35.4 Å². The molecule has 1 aromatic heterocycles. The quantitative estimate of drug-likeness (QED) is 0.266. The number of nitrogens with zero attached hydrogens (tertiary/aromatic N) is 6. The topological polar surface area (TPSA) is 112 Å². The lowest BCUT2D eigenvalue weighted by molar-refractivity contribution is -0.387. The van der Waals surface area contributed by atoms with E-state index in [0.29, 0.717) is 42.8 Å². The van der Waals surface area contributed by atoms with E-state index in [1.54, 1.807) is 6.92 Å². The van der Waals surface area contributed by atoms with E-state index in [-0.39, 0.29) is 5.28 Å². The van der Waals surface area contributed by atoms with Gasteiger partial charge in [0.05, 0.1) is 4.92 Å².